The third-order valence-electron chi connectivity index (χ3n) is 7.76. The van der Waals surface area contributed by atoms with Crippen molar-refractivity contribution in [2.45, 2.75) is 19.1 Å². The predicted molar refractivity (Wildman–Crippen MR) is 163 cm³/mol. The number of likely N-dealkylation sites (N-methyl/N-ethyl adjacent to an activating group) is 1. The van der Waals surface area contributed by atoms with Crippen LogP contribution in [0.25, 0.3) is 0 Å². The minimum absolute atomic E-state index is 0.00806. The van der Waals surface area contributed by atoms with Gasteiger partial charge in [-0.05, 0) is 60.6 Å². The number of anilines is 1. The molecule has 2 amide bonds. The number of halogens is 1. The number of nitrogens with one attached hydrogen (secondary N) is 1. The molecule has 6 rings (SSSR count). The summed E-state index contributed by atoms with van der Waals surface area (Å²) in [5.41, 5.74) is 3.90. The predicted octanol–water partition coefficient (Wildman–Crippen LogP) is 4.47. The number of phenols is 1. The van der Waals surface area contributed by atoms with Crippen LogP contribution in [-0.2, 0) is 17.9 Å². The lowest BCUT2D eigenvalue weighted by Crippen LogP contribution is -2.43. The van der Waals surface area contributed by atoms with Gasteiger partial charge in [0.2, 0.25) is 0 Å². The molecule has 8 nitrogen and oxygen atoms in total. The first-order valence-electron chi connectivity index (χ1n) is 14.0. The standard InChI is InChI=1S/C33H30FN5O3S/c1-37-13-15-38(16-14-37)20-24-6-3-22(4-7-24)2-5-23-8-9-25-21-39(32(42)27(25)18-23)30(28-19-26(34)10-11-29(28)40)31(41)36-33-35-12-17-43-33/h3-4,6-12,17-19,30,40H,13-16,20-21H2,1H3,(H,35,36,41)/t30-/m1/s1. The summed E-state index contributed by atoms with van der Waals surface area (Å²) in [7, 11) is 2.15. The number of hydrogen-bond acceptors (Lipinski definition) is 7. The molecule has 0 bridgehead atoms. The Labute approximate surface area is 253 Å². The maximum atomic E-state index is 14.2. The summed E-state index contributed by atoms with van der Waals surface area (Å²) in [5, 5.41) is 15.3. The van der Waals surface area contributed by atoms with E-state index in [0.717, 1.165) is 50.4 Å². The molecule has 2 N–H and O–H groups in total. The van der Waals surface area contributed by atoms with Crippen LogP contribution >= 0.6 is 11.3 Å². The van der Waals surface area contributed by atoms with Gasteiger partial charge in [-0.15, -0.1) is 11.3 Å². The van der Waals surface area contributed by atoms with Crippen LogP contribution in [0.15, 0.2) is 72.2 Å². The number of aromatic hydroxyl groups is 1. The van der Waals surface area contributed by atoms with Gasteiger partial charge in [-0.25, -0.2) is 9.37 Å². The van der Waals surface area contributed by atoms with E-state index in [2.05, 4.69) is 51.1 Å². The minimum Gasteiger partial charge on any atom is -0.508 e. The zero-order valence-electron chi connectivity index (χ0n) is 23.6. The van der Waals surface area contributed by atoms with Crippen molar-refractivity contribution < 1.29 is 19.1 Å². The third-order valence-corrected chi connectivity index (χ3v) is 8.44. The number of phenolic OH excluding ortho intramolecular Hbond substituents is 1. The fourth-order valence-corrected chi connectivity index (χ4v) is 5.90. The molecular weight excluding hydrogens is 565 g/mol. The van der Waals surface area contributed by atoms with Crippen LogP contribution in [0.5, 0.6) is 5.75 Å². The highest BCUT2D eigenvalue weighted by Gasteiger charge is 2.39. The molecule has 218 valence electrons. The molecule has 0 unspecified atom stereocenters. The van der Waals surface area contributed by atoms with E-state index in [4.69, 9.17) is 0 Å². The number of carbonyl (C=O) groups is 2. The second-order valence-electron chi connectivity index (χ2n) is 10.8. The van der Waals surface area contributed by atoms with E-state index < -0.39 is 23.7 Å². The van der Waals surface area contributed by atoms with Crippen LogP contribution in [0.1, 0.15) is 44.2 Å². The van der Waals surface area contributed by atoms with E-state index in [1.165, 1.54) is 34.1 Å². The fraction of sp³-hybridized carbons (Fsp3) is 0.242. The lowest BCUT2D eigenvalue weighted by atomic mass is 10.0. The molecule has 1 aromatic heterocycles. The van der Waals surface area contributed by atoms with Crippen molar-refractivity contribution in [2.24, 2.45) is 0 Å². The van der Waals surface area contributed by atoms with Gasteiger partial charge in [-0.2, -0.15) is 0 Å². The molecular formula is C33H30FN5O3S. The summed E-state index contributed by atoms with van der Waals surface area (Å²) >= 11 is 1.21. The maximum Gasteiger partial charge on any atom is 0.255 e. The number of hydrogen-bond donors (Lipinski definition) is 2. The van der Waals surface area contributed by atoms with Crippen LogP contribution in [-0.4, -0.2) is 69.8 Å². The van der Waals surface area contributed by atoms with E-state index in [9.17, 15) is 19.1 Å². The third kappa shape index (κ3) is 6.44. The average Bonchev–Trinajstić information content (AvgIpc) is 3.63. The fourth-order valence-electron chi connectivity index (χ4n) is 5.37. The second-order valence-corrected chi connectivity index (χ2v) is 11.7. The molecule has 1 saturated heterocycles. The maximum absolute atomic E-state index is 14.2. The average molecular weight is 596 g/mol. The summed E-state index contributed by atoms with van der Waals surface area (Å²) in [5.74, 6) is 4.40. The number of rotatable bonds is 6. The molecule has 0 aliphatic carbocycles. The van der Waals surface area contributed by atoms with Gasteiger partial charge in [0.25, 0.3) is 11.8 Å². The summed E-state index contributed by atoms with van der Waals surface area (Å²) in [6.45, 7) is 5.32. The van der Waals surface area contributed by atoms with Crippen LogP contribution in [0, 0.1) is 17.7 Å². The highest BCUT2D eigenvalue weighted by Crippen LogP contribution is 2.36. The number of amides is 2. The van der Waals surface area contributed by atoms with E-state index >= 15 is 0 Å². The number of thiazole rings is 1. The quantitative estimate of drug-likeness (QED) is 0.320. The van der Waals surface area contributed by atoms with Gasteiger partial charge in [0.15, 0.2) is 5.13 Å². The molecule has 0 spiro atoms. The van der Waals surface area contributed by atoms with Crippen molar-refractivity contribution in [2.75, 3.05) is 38.5 Å². The van der Waals surface area contributed by atoms with Gasteiger partial charge in [-0.3, -0.25) is 19.8 Å². The Hall–Kier alpha value is -4.56. The highest BCUT2D eigenvalue weighted by molar-refractivity contribution is 7.13. The first kappa shape index (κ1) is 28.6. The van der Waals surface area contributed by atoms with Crippen LogP contribution < -0.4 is 5.32 Å². The Kier molecular flexibility index (Phi) is 8.20. The van der Waals surface area contributed by atoms with E-state index in [0.29, 0.717) is 21.8 Å². The van der Waals surface area contributed by atoms with Crippen LogP contribution in [0.4, 0.5) is 9.52 Å². The Morgan fingerprint density at radius 3 is 2.53 bits per heavy atom. The van der Waals surface area contributed by atoms with Crippen molar-refractivity contribution >= 4 is 28.3 Å². The topological polar surface area (TPSA) is 89.0 Å². The number of benzene rings is 3. The molecule has 0 saturated carbocycles. The van der Waals surface area contributed by atoms with Gasteiger partial charge in [0.1, 0.15) is 17.6 Å². The van der Waals surface area contributed by atoms with E-state index in [-0.39, 0.29) is 17.9 Å². The smallest absolute Gasteiger partial charge is 0.255 e. The van der Waals surface area contributed by atoms with Crippen molar-refractivity contribution in [1.82, 2.24) is 19.7 Å². The van der Waals surface area contributed by atoms with Crippen molar-refractivity contribution in [3.05, 3.63) is 111 Å². The Balaban J connectivity index is 1.20. The summed E-state index contributed by atoms with van der Waals surface area (Å²) in [6, 6.07) is 15.7. The summed E-state index contributed by atoms with van der Waals surface area (Å²) < 4.78 is 14.2. The van der Waals surface area contributed by atoms with Gasteiger partial charge in [0, 0.05) is 73.1 Å². The molecule has 4 aromatic rings. The zero-order chi connectivity index (χ0) is 29.9. The van der Waals surface area contributed by atoms with Gasteiger partial charge in [0.05, 0.1) is 0 Å². The van der Waals surface area contributed by atoms with Crippen molar-refractivity contribution in [1.29, 1.82) is 0 Å². The number of piperazine rings is 1. The molecule has 43 heavy (non-hydrogen) atoms. The highest BCUT2D eigenvalue weighted by atomic mass is 32.1. The number of aromatic nitrogens is 1. The van der Waals surface area contributed by atoms with E-state index in [1.807, 2.05) is 24.3 Å². The number of carbonyl (C=O) groups excluding carboxylic acids is 2. The van der Waals surface area contributed by atoms with Gasteiger partial charge < -0.3 is 14.9 Å². The number of nitrogens with zero attached hydrogens (tertiary/aromatic N) is 4. The van der Waals surface area contributed by atoms with Crippen molar-refractivity contribution in [3.8, 4) is 17.6 Å². The van der Waals surface area contributed by atoms with Crippen molar-refractivity contribution in [3.63, 3.8) is 0 Å². The summed E-state index contributed by atoms with van der Waals surface area (Å²) in [6.07, 6.45) is 1.54. The zero-order valence-corrected chi connectivity index (χ0v) is 24.4. The molecule has 1 fully saturated rings. The molecule has 2 aliphatic heterocycles. The monoisotopic (exact) mass is 595 g/mol. The normalized spacial score (nSPS) is 16.0. The van der Waals surface area contributed by atoms with Gasteiger partial charge in [-0.1, -0.05) is 30.0 Å². The Morgan fingerprint density at radius 2 is 1.79 bits per heavy atom. The Morgan fingerprint density at radius 1 is 1.05 bits per heavy atom. The number of fused-ring (bicyclic) bond motifs is 1. The van der Waals surface area contributed by atoms with Gasteiger partial charge >= 0.3 is 0 Å². The molecule has 1 atom stereocenters. The molecule has 3 aromatic carbocycles. The van der Waals surface area contributed by atoms with Crippen LogP contribution in [0.3, 0.4) is 0 Å². The summed E-state index contributed by atoms with van der Waals surface area (Å²) in [4.78, 5) is 37.3. The first-order chi connectivity index (χ1) is 20.8. The van der Waals surface area contributed by atoms with Crippen LogP contribution in [0.2, 0.25) is 0 Å². The largest absolute Gasteiger partial charge is 0.508 e. The first-order valence-corrected chi connectivity index (χ1v) is 14.9. The minimum atomic E-state index is -1.28. The van der Waals surface area contributed by atoms with E-state index in [1.54, 1.807) is 11.4 Å². The lowest BCUT2D eigenvalue weighted by Gasteiger charge is -2.32. The molecule has 3 heterocycles. The molecule has 10 heteroatoms. The second kappa shape index (κ2) is 12.4. The molecule has 0 radical (unpaired) electrons. The Bertz CT molecular complexity index is 1710. The SMILES string of the molecule is CN1CCN(Cc2ccc(C#Cc3ccc4c(c3)C(=O)N([C@@H](C(=O)Nc3nccs3)c3cc(F)ccc3O)C4)cc2)CC1. The lowest BCUT2D eigenvalue weighted by molar-refractivity contribution is -0.120. The molecule has 2 aliphatic rings.